The highest BCUT2D eigenvalue weighted by Crippen LogP contribution is 2.31. The first-order valence-corrected chi connectivity index (χ1v) is 10.9. The maximum absolute atomic E-state index is 12.7. The number of carbonyl (C=O) groups is 1. The van der Waals surface area contributed by atoms with E-state index in [4.69, 9.17) is 4.98 Å². The molecule has 28 heavy (non-hydrogen) atoms. The van der Waals surface area contributed by atoms with Gasteiger partial charge < -0.3 is 5.32 Å². The molecule has 2 atom stereocenters. The lowest BCUT2D eigenvalue weighted by Gasteiger charge is -2.37. The number of hydrogen-bond donors (Lipinski definition) is 1. The number of amides is 1. The fraction of sp³-hybridized carbons (Fsp3) is 0.391. The van der Waals surface area contributed by atoms with Gasteiger partial charge in [0.05, 0.1) is 16.3 Å². The van der Waals surface area contributed by atoms with Crippen LogP contribution >= 0.6 is 11.3 Å². The first-order chi connectivity index (χ1) is 13.5. The number of thiazole rings is 1. The number of rotatable bonds is 4. The molecule has 0 unspecified atom stereocenters. The SMILES string of the molecule is Cc1ccc2nc(-c3ccc(NC(=O)[C@@H](C)N4CCCC[C@@H]4C)cc3)sc2c1. The Kier molecular flexibility index (Phi) is 5.47. The van der Waals surface area contributed by atoms with E-state index in [1.165, 1.54) is 29.5 Å². The molecule has 146 valence electrons. The highest BCUT2D eigenvalue weighted by Gasteiger charge is 2.27. The van der Waals surface area contributed by atoms with Gasteiger partial charge in [0.15, 0.2) is 0 Å². The summed E-state index contributed by atoms with van der Waals surface area (Å²) in [6, 6.07) is 14.7. The smallest absolute Gasteiger partial charge is 0.241 e. The summed E-state index contributed by atoms with van der Waals surface area (Å²) in [5.74, 6) is 0.0666. The van der Waals surface area contributed by atoms with Gasteiger partial charge in [-0.05, 0) is 82.1 Å². The van der Waals surface area contributed by atoms with Crippen molar-refractivity contribution in [3.63, 3.8) is 0 Å². The molecule has 0 spiro atoms. The zero-order valence-corrected chi connectivity index (χ0v) is 17.6. The number of aromatic nitrogens is 1. The van der Waals surface area contributed by atoms with Gasteiger partial charge in [-0.2, -0.15) is 0 Å². The molecule has 1 aliphatic rings. The first-order valence-electron chi connectivity index (χ1n) is 10.1. The van der Waals surface area contributed by atoms with Crippen LogP contribution in [0, 0.1) is 6.92 Å². The summed E-state index contributed by atoms with van der Waals surface area (Å²) in [7, 11) is 0. The molecule has 1 aliphatic heterocycles. The third-order valence-corrected chi connectivity index (χ3v) is 6.74. The normalized spacial score (nSPS) is 18.9. The van der Waals surface area contributed by atoms with Gasteiger partial charge in [0, 0.05) is 17.3 Å². The lowest BCUT2D eigenvalue weighted by Crippen LogP contribution is -2.48. The molecule has 4 nitrogen and oxygen atoms in total. The zero-order valence-electron chi connectivity index (χ0n) is 16.7. The van der Waals surface area contributed by atoms with E-state index in [-0.39, 0.29) is 11.9 Å². The maximum Gasteiger partial charge on any atom is 0.241 e. The van der Waals surface area contributed by atoms with E-state index in [9.17, 15) is 4.79 Å². The van der Waals surface area contributed by atoms with E-state index in [1.807, 2.05) is 31.2 Å². The lowest BCUT2D eigenvalue weighted by molar-refractivity contribution is -0.122. The number of fused-ring (bicyclic) bond motifs is 1. The quantitative estimate of drug-likeness (QED) is 0.639. The van der Waals surface area contributed by atoms with E-state index in [0.717, 1.165) is 28.3 Å². The third kappa shape index (κ3) is 3.96. The van der Waals surface area contributed by atoms with Crippen molar-refractivity contribution in [1.82, 2.24) is 9.88 Å². The van der Waals surface area contributed by atoms with Crippen molar-refractivity contribution in [2.45, 2.75) is 52.1 Å². The van der Waals surface area contributed by atoms with Gasteiger partial charge in [-0.1, -0.05) is 12.5 Å². The zero-order chi connectivity index (χ0) is 19.7. The summed E-state index contributed by atoms with van der Waals surface area (Å²) >= 11 is 1.70. The van der Waals surface area contributed by atoms with Crippen LogP contribution < -0.4 is 5.32 Å². The van der Waals surface area contributed by atoms with Crippen molar-refractivity contribution in [1.29, 1.82) is 0 Å². The molecular formula is C23H27N3OS. The fourth-order valence-corrected chi connectivity index (χ4v) is 5.01. The van der Waals surface area contributed by atoms with Gasteiger partial charge in [0.2, 0.25) is 5.91 Å². The average molecular weight is 394 g/mol. The summed E-state index contributed by atoms with van der Waals surface area (Å²) < 4.78 is 1.21. The fourth-order valence-electron chi connectivity index (χ4n) is 3.94. The van der Waals surface area contributed by atoms with Crippen LogP contribution in [0.5, 0.6) is 0 Å². The van der Waals surface area contributed by atoms with Crippen molar-refractivity contribution >= 4 is 33.1 Å². The Morgan fingerprint density at radius 3 is 2.75 bits per heavy atom. The minimum absolute atomic E-state index is 0.0666. The largest absolute Gasteiger partial charge is 0.325 e. The van der Waals surface area contributed by atoms with Crippen LogP contribution in [0.25, 0.3) is 20.8 Å². The summed E-state index contributed by atoms with van der Waals surface area (Å²) in [4.78, 5) is 19.8. The molecule has 1 saturated heterocycles. The second kappa shape index (κ2) is 8.02. The van der Waals surface area contributed by atoms with E-state index in [2.05, 4.69) is 42.3 Å². The number of nitrogens with zero attached hydrogens (tertiary/aromatic N) is 2. The minimum atomic E-state index is -0.109. The Morgan fingerprint density at radius 2 is 2.00 bits per heavy atom. The van der Waals surface area contributed by atoms with Crippen LogP contribution in [0.4, 0.5) is 5.69 Å². The molecule has 0 radical (unpaired) electrons. The summed E-state index contributed by atoms with van der Waals surface area (Å²) in [6.07, 6.45) is 3.62. The average Bonchev–Trinajstić information content (AvgIpc) is 3.11. The minimum Gasteiger partial charge on any atom is -0.325 e. The van der Waals surface area contributed by atoms with Crippen LogP contribution in [0.1, 0.15) is 38.7 Å². The van der Waals surface area contributed by atoms with Gasteiger partial charge in [-0.15, -0.1) is 11.3 Å². The number of likely N-dealkylation sites (tertiary alicyclic amines) is 1. The summed E-state index contributed by atoms with van der Waals surface area (Å²) in [6.45, 7) is 7.33. The predicted octanol–water partition coefficient (Wildman–Crippen LogP) is 5.47. The number of piperidine rings is 1. The highest BCUT2D eigenvalue weighted by molar-refractivity contribution is 7.21. The van der Waals surface area contributed by atoms with E-state index in [1.54, 1.807) is 11.3 Å². The Hall–Kier alpha value is -2.24. The van der Waals surface area contributed by atoms with Gasteiger partial charge in [-0.25, -0.2) is 4.98 Å². The third-order valence-electron chi connectivity index (χ3n) is 5.67. The molecule has 1 N–H and O–H groups in total. The van der Waals surface area contributed by atoms with Crippen molar-refractivity contribution in [2.24, 2.45) is 0 Å². The van der Waals surface area contributed by atoms with Gasteiger partial charge in [0.25, 0.3) is 0 Å². The molecule has 4 rings (SSSR count). The van der Waals surface area contributed by atoms with Crippen LogP contribution in [0.15, 0.2) is 42.5 Å². The summed E-state index contributed by atoms with van der Waals surface area (Å²) in [5, 5.41) is 4.08. The van der Waals surface area contributed by atoms with E-state index in [0.29, 0.717) is 6.04 Å². The number of benzene rings is 2. The van der Waals surface area contributed by atoms with Crippen molar-refractivity contribution < 1.29 is 4.79 Å². The van der Waals surface area contributed by atoms with Crippen molar-refractivity contribution in [3.8, 4) is 10.6 Å². The monoisotopic (exact) mass is 393 g/mol. The Bertz CT molecular complexity index is 979. The predicted molar refractivity (Wildman–Crippen MR) is 118 cm³/mol. The molecule has 2 aromatic carbocycles. The van der Waals surface area contributed by atoms with Crippen molar-refractivity contribution in [2.75, 3.05) is 11.9 Å². The standard InChI is InChI=1S/C23H27N3OS/c1-15-7-12-20-21(14-15)28-23(25-20)18-8-10-19(11-9-18)24-22(27)17(3)26-13-5-4-6-16(26)2/h7-12,14,16-17H,4-6,13H2,1-3H3,(H,24,27)/t16-,17+/m0/s1. The van der Waals surface area contributed by atoms with Gasteiger partial charge >= 0.3 is 0 Å². The Labute approximate surface area is 170 Å². The van der Waals surface area contributed by atoms with Crippen LogP contribution in [0.3, 0.4) is 0 Å². The Balaban J connectivity index is 1.45. The number of anilines is 1. The molecule has 1 aromatic heterocycles. The second-order valence-corrected chi connectivity index (χ2v) is 8.85. The number of nitrogens with one attached hydrogen (secondary N) is 1. The molecular weight excluding hydrogens is 366 g/mol. The number of aryl methyl sites for hydroxylation is 1. The van der Waals surface area contributed by atoms with Gasteiger partial charge in [0.1, 0.15) is 5.01 Å². The molecule has 1 fully saturated rings. The molecule has 0 saturated carbocycles. The van der Waals surface area contributed by atoms with Crippen LogP contribution in [-0.2, 0) is 4.79 Å². The van der Waals surface area contributed by atoms with Crippen LogP contribution in [-0.4, -0.2) is 34.4 Å². The molecule has 0 aliphatic carbocycles. The second-order valence-electron chi connectivity index (χ2n) is 7.82. The van der Waals surface area contributed by atoms with Crippen LogP contribution in [0.2, 0.25) is 0 Å². The molecule has 2 heterocycles. The topological polar surface area (TPSA) is 45.2 Å². The first kappa shape index (κ1) is 19.1. The lowest BCUT2D eigenvalue weighted by atomic mass is 10.0. The van der Waals surface area contributed by atoms with E-state index < -0.39 is 0 Å². The van der Waals surface area contributed by atoms with Crippen molar-refractivity contribution in [3.05, 3.63) is 48.0 Å². The maximum atomic E-state index is 12.7. The molecule has 1 amide bonds. The highest BCUT2D eigenvalue weighted by atomic mass is 32.1. The number of hydrogen-bond acceptors (Lipinski definition) is 4. The van der Waals surface area contributed by atoms with E-state index >= 15 is 0 Å². The summed E-state index contributed by atoms with van der Waals surface area (Å²) in [5.41, 5.74) is 4.20. The number of carbonyl (C=O) groups excluding carboxylic acids is 1. The Morgan fingerprint density at radius 1 is 1.21 bits per heavy atom. The molecule has 3 aromatic rings. The van der Waals surface area contributed by atoms with Gasteiger partial charge in [-0.3, -0.25) is 9.69 Å². The molecule has 5 heteroatoms. The molecule has 0 bridgehead atoms.